The number of carbonyl (C=O) groups excluding carboxylic acids is 1. The number of aromatic amines is 1. The molecule has 30 heavy (non-hydrogen) atoms. The molecule has 4 rings (SSSR count). The van der Waals surface area contributed by atoms with Gasteiger partial charge in [-0.15, -0.1) is 12.4 Å². The maximum atomic E-state index is 13.5. The highest BCUT2D eigenvalue weighted by molar-refractivity contribution is 5.97. The number of benzene rings is 1. The minimum atomic E-state index is -0.306. The molecule has 7 heteroatoms. The number of H-pyrrole nitrogens is 1. The fraction of sp³-hybridized carbons (Fsp3) is 0.565. The van der Waals surface area contributed by atoms with Gasteiger partial charge in [0.1, 0.15) is 5.56 Å². The number of nitrogens with one attached hydrogen (secondary N) is 1. The maximum absolute atomic E-state index is 13.5. The fourth-order valence-corrected chi connectivity index (χ4v) is 5.30. The average molecular weight is 434 g/mol. The predicted molar refractivity (Wildman–Crippen MR) is 122 cm³/mol. The second-order valence-corrected chi connectivity index (χ2v) is 8.65. The molecule has 2 aliphatic heterocycles. The lowest BCUT2D eigenvalue weighted by Gasteiger charge is -2.44. The number of rotatable bonds is 6. The minimum absolute atomic E-state index is 0. The Morgan fingerprint density at radius 2 is 1.90 bits per heavy atom. The smallest absolute Gasteiger partial charge is 0.261 e. The Bertz CT molecular complexity index is 931. The van der Waals surface area contributed by atoms with E-state index in [9.17, 15) is 9.59 Å². The van der Waals surface area contributed by atoms with Crippen molar-refractivity contribution in [3.63, 3.8) is 0 Å². The molecule has 0 saturated carbocycles. The lowest BCUT2D eigenvalue weighted by Crippen LogP contribution is -2.55. The summed E-state index contributed by atoms with van der Waals surface area (Å²) >= 11 is 0. The van der Waals surface area contributed by atoms with Gasteiger partial charge in [-0.25, -0.2) is 0 Å². The first-order chi connectivity index (χ1) is 14.0. The standard InChI is InChI=1S/C23H31N3O3.ClH/c1-15(2)26(19-13-17-8-9-18(14-19)25(17)10-11-29-3)23(28)20-12-16-6-4-5-7-21(16)24-22(20)27;/h4-7,12,15,17-19H,8-11,13-14H2,1-3H3,(H,24,27);1H. The van der Waals surface area contributed by atoms with Gasteiger partial charge in [0.15, 0.2) is 0 Å². The first-order valence-electron chi connectivity index (χ1n) is 10.7. The third kappa shape index (κ3) is 4.27. The number of amides is 1. The van der Waals surface area contributed by atoms with E-state index < -0.39 is 0 Å². The first-order valence-corrected chi connectivity index (χ1v) is 10.7. The van der Waals surface area contributed by atoms with Crippen molar-refractivity contribution in [3.05, 3.63) is 46.2 Å². The van der Waals surface area contributed by atoms with Gasteiger partial charge in [0.05, 0.1) is 6.61 Å². The van der Waals surface area contributed by atoms with Crippen molar-refractivity contribution in [1.82, 2.24) is 14.8 Å². The maximum Gasteiger partial charge on any atom is 0.261 e. The number of aromatic nitrogens is 1. The van der Waals surface area contributed by atoms with Crippen LogP contribution in [0.25, 0.3) is 10.9 Å². The molecule has 1 aromatic heterocycles. The molecular formula is C23H32ClN3O3. The number of pyridine rings is 1. The van der Waals surface area contributed by atoms with E-state index in [1.807, 2.05) is 43.0 Å². The van der Waals surface area contributed by atoms with Gasteiger partial charge in [0.2, 0.25) is 0 Å². The van der Waals surface area contributed by atoms with Crippen molar-refractivity contribution >= 4 is 29.2 Å². The number of carbonyl (C=O) groups is 1. The van der Waals surface area contributed by atoms with Gasteiger partial charge >= 0.3 is 0 Å². The summed E-state index contributed by atoms with van der Waals surface area (Å²) in [5, 5.41) is 0.883. The molecule has 1 amide bonds. The summed E-state index contributed by atoms with van der Waals surface area (Å²) in [6.45, 7) is 5.80. The lowest BCUT2D eigenvalue weighted by atomic mass is 9.94. The molecule has 0 radical (unpaired) electrons. The zero-order chi connectivity index (χ0) is 20.5. The first kappa shape index (κ1) is 22.8. The van der Waals surface area contributed by atoms with Crippen molar-refractivity contribution < 1.29 is 9.53 Å². The molecule has 0 spiro atoms. The molecule has 2 aliphatic rings. The number of hydrogen-bond acceptors (Lipinski definition) is 4. The molecule has 164 valence electrons. The number of hydrogen-bond donors (Lipinski definition) is 1. The van der Waals surface area contributed by atoms with Gasteiger partial charge in [-0.05, 0) is 57.0 Å². The second-order valence-electron chi connectivity index (χ2n) is 8.65. The van der Waals surface area contributed by atoms with Crippen LogP contribution in [0.5, 0.6) is 0 Å². The van der Waals surface area contributed by atoms with Crippen molar-refractivity contribution in [2.45, 2.75) is 63.7 Å². The Labute approximate surface area is 184 Å². The molecule has 2 aromatic rings. The van der Waals surface area contributed by atoms with E-state index >= 15 is 0 Å². The average Bonchev–Trinajstić information content (AvgIpc) is 2.93. The van der Waals surface area contributed by atoms with Crippen LogP contribution in [-0.4, -0.2) is 65.1 Å². The van der Waals surface area contributed by atoms with Crippen LogP contribution in [-0.2, 0) is 4.74 Å². The SMILES string of the molecule is COCCN1C2CCC1CC(N(C(=O)c1cc3ccccc3[nH]c1=O)C(C)C)C2.Cl. The topological polar surface area (TPSA) is 65.6 Å². The van der Waals surface area contributed by atoms with Crippen LogP contribution in [0.2, 0.25) is 0 Å². The second kappa shape index (κ2) is 9.50. The highest BCUT2D eigenvalue weighted by Gasteiger charge is 2.43. The molecule has 2 atom stereocenters. The lowest BCUT2D eigenvalue weighted by molar-refractivity contribution is 0.0253. The Morgan fingerprint density at radius 1 is 1.23 bits per heavy atom. The van der Waals surface area contributed by atoms with Gasteiger partial charge in [0, 0.05) is 43.3 Å². The summed E-state index contributed by atoms with van der Waals surface area (Å²) in [4.78, 5) is 33.6. The molecule has 0 aliphatic carbocycles. The zero-order valence-corrected chi connectivity index (χ0v) is 18.8. The van der Waals surface area contributed by atoms with E-state index in [0.29, 0.717) is 12.1 Å². The Morgan fingerprint density at radius 3 is 2.53 bits per heavy atom. The Hall–Kier alpha value is -1.89. The number of piperidine rings is 1. The normalized spacial score (nSPS) is 23.5. The van der Waals surface area contributed by atoms with Gasteiger partial charge in [-0.1, -0.05) is 18.2 Å². The van der Waals surface area contributed by atoms with Crippen LogP contribution in [0.4, 0.5) is 0 Å². The monoisotopic (exact) mass is 433 g/mol. The largest absolute Gasteiger partial charge is 0.383 e. The minimum Gasteiger partial charge on any atom is -0.383 e. The van der Waals surface area contributed by atoms with Crippen molar-refractivity contribution in [2.24, 2.45) is 0 Å². The van der Waals surface area contributed by atoms with E-state index in [4.69, 9.17) is 4.74 Å². The summed E-state index contributed by atoms with van der Waals surface area (Å²) < 4.78 is 5.28. The van der Waals surface area contributed by atoms with Gasteiger partial charge < -0.3 is 14.6 Å². The predicted octanol–water partition coefficient (Wildman–Crippen LogP) is 3.44. The van der Waals surface area contributed by atoms with Gasteiger partial charge in [0.25, 0.3) is 11.5 Å². The van der Waals surface area contributed by atoms with E-state index in [2.05, 4.69) is 9.88 Å². The number of methoxy groups -OCH3 is 1. The number of nitrogens with zero attached hydrogens (tertiary/aromatic N) is 2. The summed E-state index contributed by atoms with van der Waals surface area (Å²) in [5.41, 5.74) is 0.695. The fourth-order valence-electron chi connectivity index (χ4n) is 5.30. The highest BCUT2D eigenvalue weighted by atomic mass is 35.5. The number of fused-ring (bicyclic) bond motifs is 3. The quantitative estimate of drug-likeness (QED) is 0.757. The summed E-state index contributed by atoms with van der Waals surface area (Å²) in [6.07, 6.45) is 4.30. The third-order valence-electron chi connectivity index (χ3n) is 6.58. The van der Waals surface area contributed by atoms with Crippen LogP contribution in [0.1, 0.15) is 49.9 Å². The van der Waals surface area contributed by atoms with Crippen molar-refractivity contribution in [3.8, 4) is 0 Å². The molecule has 1 aromatic carbocycles. The number of ether oxygens (including phenoxy) is 1. The van der Waals surface area contributed by atoms with Gasteiger partial charge in [-0.2, -0.15) is 0 Å². The number of para-hydroxylation sites is 1. The number of halogens is 1. The molecule has 3 heterocycles. The van der Waals surface area contributed by atoms with Crippen LogP contribution in [0, 0.1) is 0 Å². The summed E-state index contributed by atoms with van der Waals surface area (Å²) in [7, 11) is 1.74. The molecule has 2 fully saturated rings. The summed E-state index contributed by atoms with van der Waals surface area (Å²) in [5.74, 6) is -0.151. The van der Waals surface area contributed by atoms with Crippen LogP contribution >= 0.6 is 12.4 Å². The van der Waals surface area contributed by atoms with E-state index in [0.717, 1.165) is 36.9 Å². The molecule has 2 unspecified atom stereocenters. The van der Waals surface area contributed by atoms with E-state index in [1.165, 1.54) is 12.8 Å². The highest BCUT2D eigenvalue weighted by Crippen LogP contribution is 2.38. The van der Waals surface area contributed by atoms with Gasteiger partial charge in [-0.3, -0.25) is 14.5 Å². The zero-order valence-electron chi connectivity index (χ0n) is 18.0. The summed E-state index contributed by atoms with van der Waals surface area (Å²) in [6, 6.07) is 10.5. The van der Waals surface area contributed by atoms with E-state index in [-0.39, 0.29) is 41.5 Å². The van der Waals surface area contributed by atoms with Crippen LogP contribution in [0.3, 0.4) is 0 Å². The third-order valence-corrected chi connectivity index (χ3v) is 6.58. The molecule has 6 nitrogen and oxygen atoms in total. The molecule has 2 saturated heterocycles. The molecule has 1 N–H and O–H groups in total. The Kier molecular flexibility index (Phi) is 7.22. The van der Waals surface area contributed by atoms with Crippen LogP contribution < -0.4 is 5.56 Å². The molecular weight excluding hydrogens is 402 g/mol. The van der Waals surface area contributed by atoms with Crippen molar-refractivity contribution in [1.29, 1.82) is 0 Å². The van der Waals surface area contributed by atoms with Crippen molar-refractivity contribution in [2.75, 3.05) is 20.3 Å². The van der Waals surface area contributed by atoms with E-state index in [1.54, 1.807) is 13.2 Å². The Balaban J connectivity index is 0.00000256. The molecule has 2 bridgehead atoms. The van der Waals surface area contributed by atoms with Crippen LogP contribution in [0.15, 0.2) is 35.1 Å².